The third-order valence-corrected chi connectivity index (χ3v) is 3.11. The van der Waals surface area contributed by atoms with Crippen molar-refractivity contribution in [1.82, 2.24) is 0 Å². The Kier molecular flexibility index (Phi) is 4.57. The van der Waals surface area contributed by atoms with Crippen molar-refractivity contribution in [2.45, 2.75) is 6.61 Å². The van der Waals surface area contributed by atoms with Gasteiger partial charge >= 0.3 is 0 Å². The van der Waals surface area contributed by atoms with Crippen LogP contribution < -0.4 is 10.5 Å². The van der Waals surface area contributed by atoms with Gasteiger partial charge < -0.3 is 15.7 Å². The van der Waals surface area contributed by atoms with Gasteiger partial charge in [0.05, 0.1) is 0 Å². The molecule has 0 fully saturated rings. The van der Waals surface area contributed by atoms with Crippen LogP contribution in [-0.4, -0.2) is 11.0 Å². The molecule has 0 atom stereocenters. The highest BCUT2D eigenvalue weighted by molar-refractivity contribution is 9.10. The van der Waals surface area contributed by atoms with Gasteiger partial charge in [-0.3, -0.25) is 0 Å². The molecule has 0 saturated carbocycles. The van der Waals surface area contributed by atoms with Crippen LogP contribution in [0.5, 0.6) is 5.75 Å². The first-order valence-corrected chi connectivity index (χ1v) is 6.54. The van der Waals surface area contributed by atoms with Gasteiger partial charge in [-0.2, -0.15) is 0 Å². The number of ether oxygens (including phenoxy) is 1. The molecule has 2 aromatic carbocycles. The molecule has 4 nitrogen and oxygen atoms in total. The van der Waals surface area contributed by atoms with Crippen LogP contribution >= 0.6 is 15.9 Å². The van der Waals surface area contributed by atoms with Crippen molar-refractivity contribution < 1.29 is 14.3 Å². The first-order valence-electron chi connectivity index (χ1n) is 5.75. The number of nitrogens with zero attached hydrogens (tertiary/aromatic N) is 1. The van der Waals surface area contributed by atoms with Gasteiger partial charge in [-0.15, -0.1) is 0 Å². The molecule has 0 aliphatic rings. The molecule has 0 heterocycles. The molecule has 0 aliphatic carbocycles. The Hall–Kier alpha value is -2.08. The van der Waals surface area contributed by atoms with E-state index in [1.165, 1.54) is 6.07 Å². The van der Waals surface area contributed by atoms with Crippen LogP contribution in [0.4, 0.5) is 4.39 Å². The Morgan fingerprint density at radius 1 is 1.30 bits per heavy atom. The first-order chi connectivity index (χ1) is 9.60. The molecule has 0 aliphatic heterocycles. The second-order valence-electron chi connectivity index (χ2n) is 4.05. The molecule has 20 heavy (non-hydrogen) atoms. The van der Waals surface area contributed by atoms with Gasteiger partial charge in [-0.25, -0.2) is 4.39 Å². The highest BCUT2D eigenvalue weighted by Crippen LogP contribution is 2.22. The van der Waals surface area contributed by atoms with E-state index in [1.54, 1.807) is 30.3 Å². The van der Waals surface area contributed by atoms with Crippen molar-refractivity contribution in [3.05, 3.63) is 63.9 Å². The smallest absolute Gasteiger partial charge is 0.170 e. The number of nitrogens with two attached hydrogens (primary N) is 1. The average molecular weight is 339 g/mol. The molecule has 0 unspecified atom stereocenters. The summed E-state index contributed by atoms with van der Waals surface area (Å²) in [6, 6.07) is 11.6. The van der Waals surface area contributed by atoms with E-state index in [0.29, 0.717) is 10.0 Å². The summed E-state index contributed by atoms with van der Waals surface area (Å²) >= 11 is 3.18. The zero-order valence-corrected chi connectivity index (χ0v) is 12.0. The van der Waals surface area contributed by atoms with Crippen molar-refractivity contribution in [1.29, 1.82) is 0 Å². The highest BCUT2D eigenvalue weighted by atomic mass is 79.9. The van der Waals surface area contributed by atoms with E-state index in [2.05, 4.69) is 21.1 Å². The predicted octanol–water partition coefficient (Wildman–Crippen LogP) is 3.26. The minimum Gasteiger partial charge on any atom is -0.486 e. The molecule has 104 valence electrons. The maximum atomic E-state index is 13.6. The van der Waals surface area contributed by atoms with E-state index in [4.69, 9.17) is 15.7 Å². The number of halogens is 2. The third kappa shape index (κ3) is 3.48. The van der Waals surface area contributed by atoms with Gasteiger partial charge in [0.15, 0.2) is 17.4 Å². The Morgan fingerprint density at radius 3 is 2.80 bits per heavy atom. The number of hydrogen-bond donors (Lipinski definition) is 2. The van der Waals surface area contributed by atoms with E-state index in [-0.39, 0.29) is 18.2 Å². The largest absolute Gasteiger partial charge is 0.486 e. The summed E-state index contributed by atoms with van der Waals surface area (Å²) in [4.78, 5) is 0. The van der Waals surface area contributed by atoms with E-state index in [1.807, 2.05) is 6.07 Å². The summed E-state index contributed by atoms with van der Waals surface area (Å²) in [5.74, 6) is -0.254. The SMILES string of the molecule is N/C(=N\O)c1cccc(COc2ccc(Br)cc2F)c1. The summed E-state index contributed by atoms with van der Waals surface area (Å²) in [5.41, 5.74) is 6.87. The Labute approximate surface area is 123 Å². The second kappa shape index (κ2) is 6.38. The molecular formula is C14H12BrFN2O2. The molecule has 0 aromatic heterocycles. The summed E-state index contributed by atoms with van der Waals surface area (Å²) in [6.07, 6.45) is 0. The van der Waals surface area contributed by atoms with Gasteiger partial charge in [-0.1, -0.05) is 39.3 Å². The fourth-order valence-electron chi connectivity index (χ4n) is 1.63. The molecule has 0 bridgehead atoms. The molecule has 6 heteroatoms. The molecule has 0 amide bonds. The maximum absolute atomic E-state index is 13.6. The van der Waals surface area contributed by atoms with E-state index in [9.17, 15) is 4.39 Å². The van der Waals surface area contributed by atoms with Gasteiger partial charge in [0.25, 0.3) is 0 Å². The summed E-state index contributed by atoms with van der Waals surface area (Å²) in [7, 11) is 0. The van der Waals surface area contributed by atoms with Crippen molar-refractivity contribution >= 4 is 21.8 Å². The number of benzene rings is 2. The summed E-state index contributed by atoms with van der Waals surface area (Å²) in [5, 5.41) is 11.6. The predicted molar refractivity (Wildman–Crippen MR) is 77.4 cm³/mol. The topological polar surface area (TPSA) is 67.8 Å². The average Bonchev–Trinajstić information content (AvgIpc) is 2.46. The van der Waals surface area contributed by atoms with E-state index in [0.717, 1.165) is 5.56 Å². The molecule has 3 N–H and O–H groups in total. The number of amidine groups is 1. The van der Waals surface area contributed by atoms with E-state index >= 15 is 0 Å². The molecule has 2 aromatic rings. The molecule has 2 rings (SSSR count). The third-order valence-electron chi connectivity index (χ3n) is 2.62. The highest BCUT2D eigenvalue weighted by Gasteiger charge is 2.05. The Bertz CT molecular complexity index is 647. The van der Waals surface area contributed by atoms with Gasteiger partial charge in [0.1, 0.15) is 6.61 Å². The number of oxime groups is 1. The summed E-state index contributed by atoms with van der Waals surface area (Å²) in [6.45, 7) is 0.186. The maximum Gasteiger partial charge on any atom is 0.170 e. The zero-order valence-electron chi connectivity index (χ0n) is 10.4. The second-order valence-corrected chi connectivity index (χ2v) is 4.96. The quantitative estimate of drug-likeness (QED) is 0.389. The van der Waals surface area contributed by atoms with Crippen LogP contribution in [-0.2, 0) is 6.61 Å². The lowest BCUT2D eigenvalue weighted by Crippen LogP contribution is -2.13. The lowest BCUT2D eigenvalue weighted by atomic mass is 10.1. The van der Waals surface area contributed by atoms with Crippen molar-refractivity contribution in [3.8, 4) is 5.75 Å². The van der Waals surface area contributed by atoms with Crippen molar-refractivity contribution in [2.75, 3.05) is 0 Å². The van der Waals surface area contributed by atoms with E-state index < -0.39 is 5.82 Å². The van der Waals surface area contributed by atoms with Gasteiger partial charge in [0.2, 0.25) is 0 Å². The van der Waals surface area contributed by atoms with Crippen LogP contribution in [0.1, 0.15) is 11.1 Å². The first kappa shape index (κ1) is 14.3. The minimum atomic E-state index is -0.438. The lowest BCUT2D eigenvalue weighted by Gasteiger charge is -2.08. The van der Waals surface area contributed by atoms with Crippen LogP contribution in [0.25, 0.3) is 0 Å². The monoisotopic (exact) mass is 338 g/mol. The normalized spacial score (nSPS) is 11.4. The zero-order chi connectivity index (χ0) is 14.5. The molecule has 0 radical (unpaired) electrons. The molecule has 0 saturated heterocycles. The fourth-order valence-corrected chi connectivity index (χ4v) is 1.96. The van der Waals surface area contributed by atoms with Crippen molar-refractivity contribution in [2.24, 2.45) is 10.9 Å². The Balaban J connectivity index is 2.11. The minimum absolute atomic E-state index is 0.0154. The van der Waals surface area contributed by atoms with Crippen LogP contribution in [0.3, 0.4) is 0 Å². The lowest BCUT2D eigenvalue weighted by molar-refractivity contribution is 0.290. The molecular weight excluding hydrogens is 327 g/mol. The standard InChI is InChI=1S/C14H12BrFN2O2/c15-11-4-5-13(12(16)7-11)20-8-9-2-1-3-10(6-9)14(17)18-19/h1-7,19H,8H2,(H2,17,18). The fraction of sp³-hybridized carbons (Fsp3) is 0.0714. The van der Waals surface area contributed by atoms with Crippen LogP contribution in [0.15, 0.2) is 52.1 Å². The van der Waals surface area contributed by atoms with Gasteiger partial charge in [-0.05, 0) is 29.8 Å². The van der Waals surface area contributed by atoms with Crippen molar-refractivity contribution in [3.63, 3.8) is 0 Å². The number of rotatable bonds is 4. The Morgan fingerprint density at radius 2 is 2.10 bits per heavy atom. The van der Waals surface area contributed by atoms with Gasteiger partial charge in [0, 0.05) is 10.0 Å². The summed E-state index contributed by atoms with van der Waals surface area (Å²) < 4.78 is 19.6. The van der Waals surface area contributed by atoms with Crippen LogP contribution in [0.2, 0.25) is 0 Å². The molecule has 0 spiro atoms. The van der Waals surface area contributed by atoms with Crippen LogP contribution in [0, 0.1) is 5.82 Å². The number of hydrogen-bond acceptors (Lipinski definition) is 3.